The number of halogens is 1. The fraction of sp³-hybridized carbons (Fsp3) is 0.250. The van der Waals surface area contributed by atoms with Gasteiger partial charge in [-0.1, -0.05) is 11.6 Å². The molecule has 4 N–H and O–H groups in total. The van der Waals surface area contributed by atoms with E-state index in [0.29, 0.717) is 0 Å². The van der Waals surface area contributed by atoms with Crippen LogP contribution in [-0.2, 0) is 4.79 Å². The third kappa shape index (κ3) is 4.77. The predicted molar refractivity (Wildman–Crippen MR) is 74.1 cm³/mol. The molecule has 0 spiro atoms. The van der Waals surface area contributed by atoms with Gasteiger partial charge in [-0.3, -0.25) is 4.79 Å². The van der Waals surface area contributed by atoms with E-state index in [0.717, 1.165) is 0 Å². The lowest BCUT2D eigenvalue weighted by atomic mass is 10.2. The molecule has 0 saturated heterocycles. The minimum Gasteiger partial charge on any atom is -0.478 e. The van der Waals surface area contributed by atoms with Crippen LogP contribution >= 0.6 is 11.6 Å². The van der Waals surface area contributed by atoms with Crippen LogP contribution in [0.5, 0.6) is 0 Å². The zero-order chi connectivity index (χ0) is 15.1. The number of rotatable bonds is 5. The number of carbonyl (C=O) groups is 3. The number of benzene rings is 1. The summed E-state index contributed by atoms with van der Waals surface area (Å²) in [4.78, 5) is 33.2. The highest BCUT2D eigenvalue weighted by Crippen LogP contribution is 2.22. The Bertz CT molecular complexity index is 533. The van der Waals surface area contributed by atoms with Gasteiger partial charge in [0.15, 0.2) is 0 Å². The van der Waals surface area contributed by atoms with E-state index >= 15 is 0 Å². The van der Waals surface area contributed by atoms with E-state index in [2.05, 4.69) is 16.0 Å². The highest BCUT2D eigenvalue weighted by atomic mass is 35.5. The lowest BCUT2D eigenvalue weighted by molar-refractivity contribution is -0.120. The number of aromatic carboxylic acids is 1. The van der Waals surface area contributed by atoms with Gasteiger partial charge >= 0.3 is 12.0 Å². The molecule has 1 aromatic carbocycles. The number of carboxylic acids is 1. The summed E-state index contributed by atoms with van der Waals surface area (Å²) in [5.41, 5.74) is 0.315. The summed E-state index contributed by atoms with van der Waals surface area (Å²) in [6.07, 6.45) is 0.162. The van der Waals surface area contributed by atoms with Crippen molar-refractivity contribution < 1.29 is 19.5 Å². The second-order valence-electron chi connectivity index (χ2n) is 3.80. The van der Waals surface area contributed by atoms with E-state index in [1.54, 1.807) is 0 Å². The van der Waals surface area contributed by atoms with Gasteiger partial charge < -0.3 is 21.1 Å². The van der Waals surface area contributed by atoms with E-state index in [4.69, 9.17) is 16.7 Å². The summed E-state index contributed by atoms with van der Waals surface area (Å²) in [7, 11) is 1.51. The monoisotopic (exact) mass is 299 g/mol. The van der Waals surface area contributed by atoms with Crippen molar-refractivity contribution >= 4 is 35.2 Å². The molecule has 108 valence electrons. The Hall–Kier alpha value is -2.28. The van der Waals surface area contributed by atoms with Gasteiger partial charge in [0.2, 0.25) is 5.91 Å². The lowest BCUT2D eigenvalue weighted by Crippen LogP contribution is -2.32. The van der Waals surface area contributed by atoms with Gasteiger partial charge in [0.1, 0.15) is 0 Å². The standard InChI is InChI=1S/C12H14ClN3O4/c1-14-10(17)4-5-15-12(20)16-9-3-2-7(11(18)19)6-8(9)13/h2-3,6H,4-5H2,1H3,(H,14,17)(H,18,19)(H2,15,16,20). The third-order valence-corrected chi connectivity index (χ3v) is 2.69. The minimum atomic E-state index is -1.10. The molecule has 0 heterocycles. The molecular formula is C12H14ClN3O4. The van der Waals surface area contributed by atoms with E-state index in [9.17, 15) is 14.4 Å². The summed E-state index contributed by atoms with van der Waals surface area (Å²) in [6.45, 7) is 0.177. The van der Waals surface area contributed by atoms with Gasteiger partial charge in [-0.05, 0) is 18.2 Å². The molecule has 0 saturated carbocycles. The van der Waals surface area contributed by atoms with Gasteiger partial charge in [0.05, 0.1) is 16.3 Å². The molecule has 1 aromatic rings. The van der Waals surface area contributed by atoms with Crippen LogP contribution in [0.2, 0.25) is 5.02 Å². The first-order chi connectivity index (χ1) is 9.43. The molecular weight excluding hydrogens is 286 g/mol. The largest absolute Gasteiger partial charge is 0.478 e. The van der Waals surface area contributed by atoms with Gasteiger partial charge in [0, 0.05) is 20.0 Å². The fourth-order valence-corrected chi connectivity index (χ4v) is 1.56. The summed E-state index contributed by atoms with van der Waals surface area (Å²) in [6, 6.07) is 3.43. The highest BCUT2D eigenvalue weighted by Gasteiger charge is 2.09. The lowest BCUT2D eigenvalue weighted by Gasteiger charge is -2.09. The molecule has 1 rings (SSSR count). The minimum absolute atomic E-state index is 0.0283. The number of anilines is 1. The molecule has 0 aromatic heterocycles. The second-order valence-corrected chi connectivity index (χ2v) is 4.21. The van der Waals surface area contributed by atoms with Gasteiger partial charge in [-0.15, -0.1) is 0 Å². The Labute approximate surface area is 120 Å². The second kappa shape index (κ2) is 7.34. The van der Waals surface area contributed by atoms with Crippen molar-refractivity contribution in [3.63, 3.8) is 0 Å². The predicted octanol–water partition coefficient (Wildman–Crippen LogP) is 1.30. The molecule has 0 aliphatic carbocycles. The van der Waals surface area contributed by atoms with Crippen LogP contribution in [-0.4, -0.2) is 36.6 Å². The zero-order valence-electron chi connectivity index (χ0n) is 10.7. The Morgan fingerprint density at radius 3 is 2.55 bits per heavy atom. The highest BCUT2D eigenvalue weighted by molar-refractivity contribution is 6.34. The molecule has 0 unspecified atom stereocenters. The SMILES string of the molecule is CNC(=O)CCNC(=O)Nc1ccc(C(=O)O)cc1Cl. The van der Waals surface area contributed by atoms with E-state index in [-0.39, 0.29) is 35.1 Å². The molecule has 0 fully saturated rings. The molecule has 0 bridgehead atoms. The maximum atomic E-state index is 11.5. The Balaban J connectivity index is 2.54. The Morgan fingerprint density at radius 1 is 1.30 bits per heavy atom. The number of nitrogens with one attached hydrogen (secondary N) is 3. The molecule has 0 radical (unpaired) electrons. The smallest absolute Gasteiger partial charge is 0.335 e. The first-order valence-electron chi connectivity index (χ1n) is 5.72. The van der Waals surface area contributed by atoms with Crippen molar-refractivity contribution in [3.8, 4) is 0 Å². The zero-order valence-corrected chi connectivity index (χ0v) is 11.5. The van der Waals surface area contributed by atoms with Crippen LogP contribution < -0.4 is 16.0 Å². The summed E-state index contributed by atoms with van der Waals surface area (Å²) in [5, 5.41) is 16.3. The van der Waals surface area contributed by atoms with Crippen LogP contribution in [0.25, 0.3) is 0 Å². The van der Waals surface area contributed by atoms with Crippen LogP contribution in [0.4, 0.5) is 10.5 Å². The normalized spacial score (nSPS) is 9.70. The van der Waals surface area contributed by atoms with E-state index in [1.165, 1.54) is 25.2 Å². The fourth-order valence-electron chi connectivity index (χ4n) is 1.33. The van der Waals surface area contributed by atoms with E-state index in [1.807, 2.05) is 0 Å². The van der Waals surface area contributed by atoms with Crippen molar-refractivity contribution in [3.05, 3.63) is 28.8 Å². The molecule has 3 amide bonds. The summed E-state index contributed by atoms with van der Waals surface area (Å²) < 4.78 is 0. The van der Waals surface area contributed by atoms with E-state index < -0.39 is 12.0 Å². The maximum absolute atomic E-state index is 11.5. The van der Waals surface area contributed by atoms with Crippen LogP contribution in [0.3, 0.4) is 0 Å². The van der Waals surface area contributed by atoms with Crippen molar-refractivity contribution in [1.29, 1.82) is 0 Å². The average Bonchev–Trinajstić information content (AvgIpc) is 2.40. The Morgan fingerprint density at radius 2 is 2.00 bits per heavy atom. The molecule has 7 nitrogen and oxygen atoms in total. The molecule has 8 heteroatoms. The van der Waals surface area contributed by atoms with Crippen molar-refractivity contribution in [2.45, 2.75) is 6.42 Å². The van der Waals surface area contributed by atoms with Crippen LogP contribution in [0.1, 0.15) is 16.8 Å². The maximum Gasteiger partial charge on any atom is 0.335 e. The first kappa shape index (κ1) is 15.8. The number of amides is 3. The number of carboxylic acid groups (broad SMARTS) is 1. The third-order valence-electron chi connectivity index (χ3n) is 2.38. The molecule has 20 heavy (non-hydrogen) atoms. The molecule has 0 atom stereocenters. The van der Waals surface area contributed by atoms with Crippen molar-refractivity contribution in [2.24, 2.45) is 0 Å². The topological polar surface area (TPSA) is 108 Å². The van der Waals surface area contributed by atoms with Crippen LogP contribution in [0.15, 0.2) is 18.2 Å². The molecule has 0 aliphatic heterocycles. The van der Waals surface area contributed by atoms with Gasteiger partial charge in [-0.25, -0.2) is 9.59 Å². The number of carbonyl (C=O) groups excluding carboxylic acids is 2. The first-order valence-corrected chi connectivity index (χ1v) is 6.10. The average molecular weight is 300 g/mol. The Kier molecular flexibility index (Phi) is 5.79. The van der Waals surface area contributed by atoms with Crippen LogP contribution in [0, 0.1) is 0 Å². The van der Waals surface area contributed by atoms with Crippen molar-refractivity contribution in [2.75, 3.05) is 18.9 Å². The number of hydrogen-bond donors (Lipinski definition) is 4. The quantitative estimate of drug-likeness (QED) is 0.657. The number of urea groups is 1. The summed E-state index contributed by atoms with van der Waals surface area (Å²) in [5.74, 6) is -1.29. The van der Waals surface area contributed by atoms with Crippen molar-refractivity contribution in [1.82, 2.24) is 10.6 Å². The summed E-state index contributed by atoms with van der Waals surface area (Å²) >= 11 is 5.85. The van der Waals surface area contributed by atoms with Gasteiger partial charge in [0.25, 0.3) is 0 Å². The molecule has 0 aliphatic rings. The van der Waals surface area contributed by atoms with Gasteiger partial charge in [-0.2, -0.15) is 0 Å². The number of hydrogen-bond acceptors (Lipinski definition) is 3.